The molecule has 2 aliphatic rings. The molecule has 0 bridgehead atoms. The van der Waals surface area contributed by atoms with E-state index in [2.05, 4.69) is 17.2 Å². The van der Waals surface area contributed by atoms with Gasteiger partial charge < -0.3 is 19.9 Å². The molecule has 144 valence electrons. The average Bonchev–Trinajstić information content (AvgIpc) is 3.60. The number of aromatic hydroxyl groups is 1. The van der Waals surface area contributed by atoms with Gasteiger partial charge in [-0.1, -0.05) is 0 Å². The van der Waals surface area contributed by atoms with Crippen LogP contribution < -0.4 is 10.1 Å². The highest BCUT2D eigenvalue weighted by Gasteiger charge is 2.41. The number of benzene rings is 1. The quantitative estimate of drug-likeness (QED) is 0.666. The van der Waals surface area contributed by atoms with E-state index in [-0.39, 0.29) is 28.9 Å². The van der Waals surface area contributed by atoms with Crippen molar-refractivity contribution in [3.63, 3.8) is 0 Å². The van der Waals surface area contributed by atoms with Crippen LogP contribution in [0.2, 0.25) is 0 Å². The van der Waals surface area contributed by atoms with Crippen LogP contribution in [0.4, 0.5) is 0 Å². The minimum Gasteiger partial charge on any atom is -0.507 e. The van der Waals surface area contributed by atoms with Crippen LogP contribution in [0.3, 0.4) is 0 Å². The normalized spacial score (nSPS) is 20.9. The smallest absolute Gasteiger partial charge is 0.259 e. The summed E-state index contributed by atoms with van der Waals surface area (Å²) in [6.07, 6.45) is 5.63. The van der Waals surface area contributed by atoms with Crippen molar-refractivity contribution in [2.24, 2.45) is 0 Å². The van der Waals surface area contributed by atoms with E-state index in [4.69, 9.17) is 9.47 Å². The minimum absolute atomic E-state index is 0.113. The third kappa shape index (κ3) is 2.79. The molecule has 1 atom stereocenters. The molecular weight excluding hydrogens is 358 g/mol. The number of imidazole rings is 1. The van der Waals surface area contributed by atoms with Gasteiger partial charge in [-0.3, -0.25) is 9.20 Å². The van der Waals surface area contributed by atoms with Crippen LogP contribution in [0.1, 0.15) is 35.7 Å². The van der Waals surface area contributed by atoms with Crippen LogP contribution in [0.25, 0.3) is 16.9 Å². The summed E-state index contributed by atoms with van der Waals surface area (Å²) in [7, 11) is 1.49. The number of carbonyl (C=O) groups is 1. The number of hydrogen-bond donors (Lipinski definition) is 2. The van der Waals surface area contributed by atoms with Gasteiger partial charge >= 0.3 is 0 Å². The maximum Gasteiger partial charge on any atom is 0.259 e. The molecule has 1 aliphatic heterocycles. The standard InChI is InChI=1S/C21H21N3O4/c1-21(11-28-21)13-5-6-24-15(10-22-18(24)9-13)12-7-16(25)19(17(8-12)27-2)20(26)23-14-3-4-14/h5-10,14,25H,3-4,11H2,1-2H3,(H,23,26). The molecule has 5 rings (SSSR count). The molecule has 7 nitrogen and oxygen atoms in total. The van der Waals surface area contributed by atoms with Gasteiger partial charge in [-0.25, -0.2) is 4.98 Å². The van der Waals surface area contributed by atoms with Crippen molar-refractivity contribution in [3.05, 3.63) is 47.8 Å². The van der Waals surface area contributed by atoms with Gasteiger partial charge in [0.05, 0.1) is 25.6 Å². The molecule has 3 heterocycles. The zero-order valence-electron chi connectivity index (χ0n) is 15.7. The summed E-state index contributed by atoms with van der Waals surface area (Å²) in [5.74, 6) is -0.0968. The number of phenolic OH excluding ortho intramolecular Hbond substituents is 1. The number of rotatable bonds is 5. The van der Waals surface area contributed by atoms with Gasteiger partial charge in [-0.2, -0.15) is 0 Å². The predicted octanol–water partition coefficient (Wildman–Crippen LogP) is 2.85. The maximum absolute atomic E-state index is 12.5. The zero-order valence-corrected chi connectivity index (χ0v) is 15.7. The second kappa shape index (κ2) is 5.97. The van der Waals surface area contributed by atoms with E-state index in [0.717, 1.165) is 29.7 Å². The van der Waals surface area contributed by atoms with Crippen molar-refractivity contribution >= 4 is 11.6 Å². The lowest BCUT2D eigenvalue weighted by molar-refractivity contribution is 0.0945. The first-order valence-electron chi connectivity index (χ1n) is 9.32. The highest BCUT2D eigenvalue weighted by atomic mass is 16.6. The van der Waals surface area contributed by atoms with Crippen molar-refractivity contribution < 1.29 is 19.4 Å². The molecular formula is C21H21N3O4. The van der Waals surface area contributed by atoms with Crippen LogP contribution >= 0.6 is 0 Å². The lowest BCUT2D eigenvalue weighted by Gasteiger charge is -2.13. The molecule has 1 aromatic carbocycles. The van der Waals surface area contributed by atoms with Crippen molar-refractivity contribution in [3.8, 4) is 22.8 Å². The summed E-state index contributed by atoms with van der Waals surface area (Å²) in [4.78, 5) is 17.0. The Labute approximate surface area is 161 Å². The Morgan fingerprint density at radius 2 is 2.18 bits per heavy atom. The van der Waals surface area contributed by atoms with Crippen molar-refractivity contribution in [2.75, 3.05) is 13.7 Å². The number of pyridine rings is 1. The van der Waals surface area contributed by atoms with Crippen molar-refractivity contribution in [1.29, 1.82) is 0 Å². The monoisotopic (exact) mass is 379 g/mol. The molecule has 1 saturated carbocycles. The summed E-state index contributed by atoms with van der Waals surface area (Å²) in [5, 5.41) is 13.4. The Morgan fingerprint density at radius 3 is 2.86 bits per heavy atom. The van der Waals surface area contributed by atoms with Crippen LogP contribution in [-0.4, -0.2) is 40.2 Å². The molecule has 1 amide bonds. The summed E-state index contributed by atoms with van der Waals surface area (Å²) < 4.78 is 12.9. The summed E-state index contributed by atoms with van der Waals surface area (Å²) in [6.45, 7) is 2.77. The average molecular weight is 379 g/mol. The lowest BCUT2D eigenvalue weighted by Crippen LogP contribution is -2.26. The van der Waals surface area contributed by atoms with E-state index in [1.165, 1.54) is 7.11 Å². The van der Waals surface area contributed by atoms with Crippen LogP contribution in [0.15, 0.2) is 36.7 Å². The van der Waals surface area contributed by atoms with E-state index in [1.54, 1.807) is 18.3 Å². The highest BCUT2D eigenvalue weighted by Crippen LogP contribution is 2.39. The van der Waals surface area contributed by atoms with Crippen molar-refractivity contribution in [1.82, 2.24) is 14.7 Å². The van der Waals surface area contributed by atoms with Crippen molar-refractivity contribution in [2.45, 2.75) is 31.4 Å². The topological polar surface area (TPSA) is 88.4 Å². The number of aromatic nitrogens is 2. The molecule has 7 heteroatoms. The molecule has 0 spiro atoms. The Hall–Kier alpha value is -3.06. The largest absolute Gasteiger partial charge is 0.507 e. The number of amides is 1. The van der Waals surface area contributed by atoms with E-state index < -0.39 is 0 Å². The number of ether oxygens (including phenoxy) is 2. The number of nitrogens with one attached hydrogen (secondary N) is 1. The second-order valence-electron chi connectivity index (χ2n) is 7.63. The number of fused-ring (bicyclic) bond motifs is 1. The zero-order chi connectivity index (χ0) is 19.5. The van der Waals surface area contributed by atoms with E-state index in [1.807, 2.05) is 22.7 Å². The number of nitrogens with zero attached hydrogens (tertiary/aromatic N) is 2. The number of phenols is 1. The van der Waals surface area contributed by atoms with Crippen LogP contribution in [0.5, 0.6) is 11.5 Å². The van der Waals surface area contributed by atoms with Crippen LogP contribution in [-0.2, 0) is 10.3 Å². The lowest BCUT2D eigenvalue weighted by atomic mass is 10.0. The van der Waals surface area contributed by atoms with E-state index in [0.29, 0.717) is 17.9 Å². The SMILES string of the molecule is COc1cc(-c2cnc3cc(C4(C)CO4)ccn23)cc(O)c1C(=O)NC1CC1. The fraction of sp³-hybridized carbons (Fsp3) is 0.333. The molecule has 1 saturated heterocycles. The van der Waals surface area contributed by atoms with Gasteiger partial charge in [-0.05, 0) is 49.6 Å². The summed E-state index contributed by atoms with van der Waals surface area (Å²) in [5.41, 5.74) is 3.33. The number of carbonyl (C=O) groups excluding carboxylic acids is 1. The number of hydrogen-bond acceptors (Lipinski definition) is 5. The summed E-state index contributed by atoms with van der Waals surface area (Å²) in [6, 6.07) is 7.55. The third-order valence-corrected chi connectivity index (χ3v) is 5.44. The Bertz CT molecular complexity index is 1100. The molecule has 3 aromatic rings. The molecule has 0 radical (unpaired) electrons. The van der Waals surface area contributed by atoms with Gasteiger partial charge in [-0.15, -0.1) is 0 Å². The van der Waals surface area contributed by atoms with Gasteiger partial charge in [0.15, 0.2) is 0 Å². The van der Waals surface area contributed by atoms with Gasteiger partial charge in [0, 0.05) is 17.8 Å². The van der Waals surface area contributed by atoms with E-state index in [9.17, 15) is 9.90 Å². The first-order valence-corrected chi connectivity index (χ1v) is 9.32. The summed E-state index contributed by atoms with van der Waals surface area (Å²) >= 11 is 0. The first kappa shape index (κ1) is 17.1. The first-order chi connectivity index (χ1) is 13.5. The molecule has 2 aromatic heterocycles. The molecule has 1 unspecified atom stereocenters. The molecule has 1 aliphatic carbocycles. The van der Waals surface area contributed by atoms with E-state index >= 15 is 0 Å². The maximum atomic E-state index is 12.5. The Kier molecular flexibility index (Phi) is 3.64. The highest BCUT2D eigenvalue weighted by molar-refractivity contribution is 6.00. The number of epoxide rings is 1. The van der Waals surface area contributed by atoms with Crippen LogP contribution in [0, 0.1) is 0 Å². The second-order valence-corrected chi connectivity index (χ2v) is 7.63. The van der Waals surface area contributed by atoms with Gasteiger partial charge in [0.25, 0.3) is 5.91 Å². The fourth-order valence-corrected chi connectivity index (χ4v) is 3.42. The molecule has 2 fully saturated rings. The fourth-order valence-electron chi connectivity index (χ4n) is 3.42. The minimum atomic E-state index is -0.316. The van der Waals surface area contributed by atoms with Gasteiger partial charge in [0.2, 0.25) is 0 Å². The molecule has 28 heavy (non-hydrogen) atoms. The predicted molar refractivity (Wildman–Crippen MR) is 103 cm³/mol. The number of methoxy groups -OCH3 is 1. The van der Waals surface area contributed by atoms with Gasteiger partial charge in [0.1, 0.15) is 28.3 Å². The molecule has 2 N–H and O–H groups in total. The third-order valence-electron chi connectivity index (χ3n) is 5.44. The Morgan fingerprint density at radius 1 is 1.39 bits per heavy atom. The Balaban J connectivity index is 1.55.